The molecule has 0 radical (unpaired) electrons. The van der Waals surface area contributed by atoms with Gasteiger partial charge in [-0.15, -0.1) is 0 Å². The number of piperidine rings is 1. The van der Waals surface area contributed by atoms with Gasteiger partial charge in [0, 0.05) is 13.1 Å². The first kappa shape index (κ1) is 20.1. The minimum Gasteiger partial charge on any atom is -0.304 e. The quantitative estimate of drug-likeness (QED) is 0.698. The van der Waals surface area contributed by atoms with E-state index in [4.69, 9.17) is 0 Å². The molecule has 0 unspecified atom stereocenters. The molecule has 1 fully saturated rings. The highest BCUT2D eigenvalue weighted by Gasteiger charge is 2.53. The van der Waals surface area contributed by atoms with Gasteiger partial charge in [-0.1, -0.05) is 68.8 Å². The van der Waals surface area contributed by atoms with Gasteiger partial charge in [0.1, 0.15) is 5.41 Å². The number of hydrogen-bond donors (Lipinski definition) is 0. The molecule has 2 heterocycles. The summed E-state index contributed by atoms with van der Waals surface area (Å²) in [6.45, 7) is 9.24. The number of hydrogen-bond acceptors (Lipinski definition) is 3. The Labute approximate surface area is 175 Å². The van der Waals surface area contributed by atoms with Gasteiger partial charge >= 0.3 is 0 Å². The van der Waals surface area contributed by atoms with Gasteiger partial charge in [0.2, 0.25) is 0 Å². The van der Waals surface area contributed by atoms with E-state index in [1.165, 1.54) is 6.42 Å². The van der Waals surface area contributed by atoms with Gasteiger partial charge in [-0.05, 0) is 56.1 Å². The van der Waals surface area contributed by atoms with Crippen LogP contribution in [0.25, 0.3) is 0 Å². The Bertz CT molecular complexity index is 827. The van der Waals surface area contributed by atoms with E-state index in [0.29, 0.717) is 0 Å². The fourth-order valence-electron chi connectivity index (χ4n) is 5.04. The van der Waals surface area contributed by atoms with Crippen LogP contribution >= 0.6 is 0 Å². The molecule has 2 aliphatic rings. The molecule has 1 saturated heterocycles. The van der Waals surface area contributed by atoms with E-state index in [0.717, 1.165) is 68.8 Å². The van der Waals surface area contributed by atoms with E-state index in [2.05, 4.69) is 72.3 Å². The van der Waals surface area contributed by atoms with Crippen molar-refractivity contribution in [1.82, 2.24) is 9.91 Å². The number of fused-ring (bicyclic) bond motifs is 1. The van der Waals surface area contributed by atoms with E-state index >= 15 is 0 Å². The molecule has 2 aromatic carbocycles. The molecule has 4 rings (SSSR count). The molecule has 0 aromatic heterocycles. The third-order valence-corrected chi connectivity index (χ3v) is 6.73. The van der Waals surface area contributed by atoms with Crippen molar-refractivity contribution in [1.29, 1.82) is 0 Å². The number of hydrazine groups is 1. The molecule has 0 N–H and O–H groups in total. The number of rotatable bonds is 7. The smallest absolute Gasteiger partial charge is 0.256 e. The molecule has 0 bridgehead atoms. The summed E-state index contributed by atoms with van der Waals surface area (Å²) in [6, 6.07) is 18.9. The summed E-state index contributed by atoms with van der Waals surface area (Å²) in [4.78, 5) is 16.7. The number of para-hydroxylation sites is 1. The van der Waals surface area contributed by atoms with Gasteiger partial charge in [0.15, 0.2) is 0 Å². The number of amides is 1. The third kappa shape index (κ3) is 3.49. The van der Waals surface area contributed by atoms with Gasteiger partial charge in [0.25, 0.3) is 5.91 Å². The molecular formula is C25H33N3O. The fraction of sp³-hybridized carbons (Fsp3) is 0.480. The van der Waals surface area contributed by atoms with E-state index < -0.39 is 5.41 Å². The summed E-state index contributed by atoms with van der Waals surface area (Å²) in [5.74, 6) is 0.221. The van der Waals surface area contributed by atoms with Crippen molar-refractivity contribution in [2.45, 2.75) is 44.9 Å². The monoisotopic (exact) mass is 391 g/mol. The highest BCUT2D eigenvalue weighted by Crippen LogP contribution is 2.49. The molecule has 4 nitrogen and oxygen atoms in total. The van der Waals surface area contributed by atoms with Gasteiger partial charge in [-0.25, -0.2) is 10.0 Å². The lowest BCUT2D eigenvalue weighted by atomic mass is 9.72. The highest BCUT2D eigenvalue weighted by molar-refractivity contribution is 6.09. The second-order valence-electron chi connectivity index (χ2n) is 8.20. The summed E-state index contributed by atoms with van der Waals surface area (Å²) >= 11 is 0. The maximum Gasteiger partial charge on any atom is 0.256 e. The highest BCUT2D eigenvalue weighted by atomic mass is 16.2. The fourth-order valence-corrected chi connectivity index (χ4v) is 5.04. The summed E-state index contributed by atoms with van der Waals surface area (Å²) in [6.07, 6.45) is 4.37. The predicted molar refractivity (Wildman–Crippen MR) is 119 cm³/mol. The number of carbonyl (C=O) groups excluding carboxylic acids is 1. The van der Waals surface area contributed by atoms with Crippen LogP contribution in [0.1, 0.15) is 50.7 Å². The zero-order valence-corrected chi connectivity index (χ0v) is 17.8. The molecule has 0 spiro atoms. The van der Waals surface area contributed by atoms with Crippen LogP contribution in [0.5, 0.6) is 0 Å². The van der Waals surface area contributed by atoms with Crippen molar-refractivity contribution < 1.29 is 4.79 Å². The van der Waals surface area contributed by atoms with E-state index in [-0.39, 0.29) is 5.91 Å². The molecule has 1 amide bonds. The molecule has 2 aliphatic heterocycles. The second-order valence-corrected chi connectivity index (χ2v) is 8.20. The zero-order chi connectivity index (χ0) is 20.3. The van der Waals surface area contributed by atoms with Gasteiger partial charge < -0.3 is 4.90 Å². The van der Waals surface area contributed by atoms with Gasteiger partial charge in [0.05, 0.1) is 5.69 Å². The first-order chi connectivity index (χ1) is 14.2. The standard InChI is InChI=1S/C25H33N3O/c1-3-26(4-2)20-17-25(21-13-7-5-8-14-21)22-15-9-10-16-23(22)28(24(25)29)27-18-11-6-12-19-27/h5,7-10,13-16H,3-4,6,11-12,17-20H2,1-2H3/t25-/m1/s1. The van der Waals surface area contributed by atoms with E-state index in [1.54, 1.807) is 0 Å². The molecule has 0 saturated carbocycles. The lowest BCUT2D eigenvalue weighted by Crippen LogP contribution is -2.52. The van der Waals surface area contributed by atoms with Gasteiger partial charge in [-0.2, -0.15) is 0 Å². The maximum atomic E-state index is 14.2. The number of nitrogens with zero attached hydrogens (tertiary/aromatic N) is 3. The van der Waals surface area contributed by atoms with Crippen molar-refractivity contribution in [2.75, 3.05) is 37.7 Å². The van der Waals surface area contributed by atoms with Crippen LogP contribution in [0.4, 0.5) is 5.69 Å². The molecule has 2 aromatic rings. The van der Waals surface area contributed by atoms with Crippen molar-refractivity contribution in [3.05, 3.63) is 65.7 Å². The lowest BCUT2D eigenvalue weighted by Gasteiger charge is -2.37. The SMILES string of the molecule is CCN(CC)CC[C@]1(c2ccccc2)C(=O)N(N2CCCCC2)c2ccccc21. The van der Waals surface area contributed by atoms with Crippen molar-refractivity contribution >= 4 is 11.6 Å². The minimum absolute atomic E-state index is 0.221. The Kier molecular flexibility index (Phi) is 6.02. The van der Waals surface area contributed by atoms with Crippen LogP contribution in [0, 0.1) is 0 Å². The van der Waals surface area contributed by atoms with E-state index in [1.807, 2.05) is 11.1 Å². The Morgan fingerprint density at radius 2 is 1.55 bits per heavy atom. The first-order valence-electron chi connectivity index (χ1n) is 11.2. The Morgan fingerprint density at radius 1 is 0.897 bits per heavy atom. The molecular weight excluding hydrogens is 358 g/mol. The minimum atomic E-state index is -0.613. The molecule has 4 heteroatoms. The molecule has 1 atom stereocenters. The molecule has 154 valence electrons. The maximum absolute atomic E-state index is 14.2. The zero-order valence-electron chi connectivity index (χ0n) is 17.8. The van der Waals surface area contributed by atoms with E-state index in [9.17, 15) is 4.79 Å². The Balaban J connectivity index is 1.82. The summed E-state index contributed by atoms with van der Waals surface area (Å²) in [5, 5.41) is 4.30. The molecule has 0 aliphatic carbocycles. The first-order valence-corrected chi connectivity index (χ1v) is 11.2. The third-order valence-electron chi connectivity index (χ3n) is 6.73. The Hall–Kier alpha value is -2.17. The summed E-state index contributed by atoms with van der Waals surface area (Å²) in [7, 11) is 0. The van der Waals surface area contributed by atoms with Crippen LogP contribution in [0.3, 0.4) is 0 Å². The number of benzene rings is 2. The topological polar surface area (TPSA) is 26.8 Å². The van der Waals surface area contributed by atoms with Gasteiger partial charge in [-0.3, -0.25) is 4.79 Å². The number of carbonyl (C=O) groups is 1. The van der Waals surface area contributed by atoms with Crippen molar-refractivity contribution in [3.63, 3.8) is 0 Å². The van der Waals surface area contributed by atoms with Crippen molar-refractivity contribution in [3.8, 4) is 0 Å². The van der Waals surface area contributed by atoms with Crippen molar-refractivity contribution in [2.24, 2.45) is 0 Å². The average Bonchev–Trinajstić information content (AvgIpc) is 3.04. The summed E-state index contributed by atoms with van der Waals surface area (Å²) in [5.41, 5.74) is 2.73. The second kappa shape index (κ2) is 8.68. The summed E-state index contributed by atoms with van der Waals surface area (Å²) < 4.78 is 0. The van der Waals surface area contributed by atoms with Crippen LogP contribution in [0.2, 0.25) is 0 Å². The molecule has 29 heavy (non-hydrogen) atoms. The van der Waals surface area contributed by atoms with Crippen LogP contribution in [0.15, 0.2) is 54.6 Å². The Morgan fingerprint density at radius 3 is 2.24 bits per heavy atom. The van der Waals surface area contributed by atoms with Crippen LogP contribution in [-0.4, -0.2) is 48.5 Å². The lowest BCUT2D eigenvalue weighted by molar-refractivity contribution is -0.125. The average molecular weight is 392 g/mol. The van der Waals surface area contributed by atoms with Crippen LogP contribution < -0.4 is 5.01 Å². The van der Waals surface area contributed by atoms with Crippen LogP contribution in [-0.2, 0) is 10.2 Å². The largest absolute Gasteiger partial charge is 0.304 e. The normalized spacial score (nSPS) is 22.3. The predicted octanol–water partition coefficient (Wildman–Crippen LogP) is 4.45. The number of anilines is 1.